The molecule has 3 rings (SSSR count). The molecular formula is C16H23N3. The van der Waals surface area contributed by atoms with E-state index >= 15 is 0 Å². The lowest BCUT2D eigenvalue weighted by Crippen LogP contribution is -2.34. The van der Waals surface area contributed by atoms with Crippen molar-refractivity contribution in [3.05, 3.63) is 35.5 Å². The van der Waals surface area contributed by atoms with Gasteiger partial charge in [-0.1, -0.05) is 18.6 Å². The highest BCUT2D eigenvalue weighted by Crippen LogP contribution is 2.26. The van der Waals surface area contributed by atoms with Crippen LogP contribution in [0.25, 0.3) is 10.9 Å². The van der Waals surface area contributed by atoms with E-state index in [0.29, 0.717) is 6.54 Å². The van der Waals surface area contributed by atoms with Gasteiger partial charge in [0.15, 0.2) is 0 Å². The van der Waals surface area contributed by atoms with Crippen molar-refractivity contribution in [2.45, 2.75) is 51.9 Å². The fraction of sp³-hybridized carbons (Fsp3) is 0.500. The number of aromatic nitrogens is 1. The Morgan fingerprint density at radius 2 is 2.16 bits per heavy atom. The molecule has 1 aromatic heterocycles. The third-order valence-corrected chi connectivity index (χ3v) is 4.32. The van der Waals surface area contributed by atoms with Crippen LogP contribution in [-0.2, 0) is 19.6 Å². The fourth-order valence-electron chi connectivity index (χ4n) is 2.95. The lowest BCUT2D eigenvalue weighted by atomic mass is 9.93. The standard InChI is InChI=1S/C16H23N3/c1-2-19-11-13(10-18-14-6-4-7-14)16-12(9-17)5-3-8-15(16)19/h3,5,8,11,14,18H,2,4,6-7,9-10,17H2,1H3. The van der Waals surface area contributed by atoms with Crippen LogP contribution in [0, 0.1) is 0 Å². The van der Waals surface area contributed by atoms with Crippen molar-refractivity contribution in [1.82, 2.24) is 9.88 Å². The summed E-state index contributed by atoms with van der Waals surface area (Å²) in [4.78, 5) is 0. The van der Waals surface area contributed by atoms with Gasteiger partial charge in [-0.25, -0.2) is 0 Å². The zero-order valence-electron chi connectivity index (χ0n) is 11.7. The number of benzene rings is 1. The first kappa shape index (κ1) is 12.7. The number of rotatable bonds is 5. The average molecular weight is 257 g/mol. The number of hydrogen-bond acceptors (Lipinski definition) is 2. The minimum atomic E-state index is 0.613. The molecule has 3 nitrogen and oxygen atoms in total. The number of nitrogens with one attached hydrogen (secondary N) is 1. The molecule has 1 heterocycles. The molecule has 102 valence electrons. The van der Waals surface area contributed by atoms with Crippen LogP contribution in [0.5, 0.6) is 0 Å². The maximum atomic E-state index is 5.90. The van der Waals surface area contributed by atoms with Gasteiger partial charge >= 0.3 is 0 Å². The summed E-state index contributed by atoms with van der Waals surface area (Å²) in [6.07, 6.45) is 6.32. The SMILES string of the molecule is CCn1cc(CNC2CCC2)c2c(CN)cccc21. The van der Waals surface area contributed by atoms with Gasteiger partial charge in [0.2, 0.25) is 0 Å². The Balaban J connectivity index is 1.96. The number of nitrogens with zero attached hydrogens (tertiary/aromatic N) is 1. The third-order valence-electron chi connectivity index (χ3n) is 4.32. The largest absolute Gasteiger partial charge is 0.347 e. The molecule has 1 saturated carbocycles. The van der Waals surface area contributed by atoms with Crippen LogP contribution >= 0.6 is 0 Å². The molecule has 0 atom stereocenters. The van der Waals surface area contributed by atoms with Gasteiger partial charge in [-0.2, -0.15) is 0 Å². The lowest BCUT2D eigenvalue weighted by Gasteiger charge is -2.26. The van der Waals surface area contributed by atoms with Crippen LogP contribution in [0.4, 0.5) is 0 Å². The molecular weight excluding hydrogens is 234 g/mol. The van der Waals surface area contributed by atoms with E-state index < -0.39 is 0 Å². The summed E-state index contributed by atoms with van der Waals surface area (Å²) in [5, 5.41) is 5.02. The molecule has 0 aliphatic heterocycles. The Morgan fingerprint density at radius 3 is 2.79 bits per heavy atom. The monoisotopic (exact) mass is 257 g/mol. The van der Waals surface area contributed by atoms with Gasteiger partial charge in [-0.05, 0) is 37.0 Å². The van der Waals surface area contributed by atoms with Crippen molar-refractivity contribution in [2.24, 2.45) is 5.73 Å². The summed E-state index contributed by atoms with van der Waals surface area (Å²) >= 11 is 0. The molecule has 1 aliphatic carbocycles. The zero-order valence-corrected chi connectivity index (χ0v) is 11.7. The van der Waals surface area contributed by atoms with E-state index in [9.17, 15) is 0 Å². The molecule has 0 bridgehead atoms. The lowest BCUT2D eigenvalue weighted by molar-refractivity contribution is 0.338. The van der Waals surface area contributed by atoms with Crippen LogP contribution in [0.3, 0.4) is 0 Å². The second-order valence-electron chi connectivity index (χ2n) is 5.46. The molecule has 1 aliphatic rings. The highest BCUT2D eigenvalue weighted by molar-refractivity contribution is 5.87. The zero-order chi connectivity index (χ0) is 13.2. The summed E-state index contributed by atoms with van der Waals surface area (Å²) in [6.45, 7) is 4.78. The quantitative estimate of drug-likeness (QED) is 0.865. The van der Waals surface area contributed by atoms with E-state index in [0.717, 1.165) is 19.1 Å². The molecule has 0 saturated heterocycles. The predicted molar refractivity (Wildman–Crippen MR) is 80.0 cm³/mol. The third kappa shape index (κ3) is 2.28. The van der Waals surface area contributed by atoms with Crippen LogP contribution in [-0.4, -0.2) is 10.6 Å². The molecule has 0 unspecified atom stereocenters. The topological polar surface area (TPSA) is 43.0 Å². The molecule has 2 aromatic rings. The Morgan fingerprint density at radius 1 is 1.32 bits per heavy atom. The number of hydrogen-bond donors (Lipinski definition) is 2. The summed E-state index contributed by atoms with van der Waals surface area (Å²) in [5.74, 6) is 0. The number of aryl methyl sites for hydroxylation is 1. The molecule has 0 spiro atoms. The van der Waals surface area contributed by atoms with Crippen molar-refractivity contribution in [1.29, 1.82) is 0 Å². The molecule has 1 fully saturated rings. The first-order valence-corrected chi connectivity index (χ1v) is 7.36. The first-order chi connectivity index (χ1) is 9.33. The van der Waals surface area contributed by atoms with Gasteiger partial charge in [-0.3, -0.25) is 0 Å². The summed E-state index contributed by atoms with van der Waals surface area (Å²) in [6, 6.07) is 7.19. The van der Waals surface area contributed by atoms with Gasteiger partial charge in [0.05, 0.1) is 0 Å². The smallest absolute Gasteiger partial charge is 0.0486 e. The highest BCUT2D eigenvalue weighted by atomic mass is 15.0. The van der Waals surface area contributed by atoms with Gasteiger partial charge < -0.3 is 15.6 Å². The van der Waals surface area contributed by atoms with Crippen LogP contribution < -0.4 is 11.1 Å². The minimum absolute atomic E-state index is 0.613. The Hall–Kier alpha value is -1.32. The van der Waals surface area contributed by atoms with E-state index in [2.05, 4.69) is 41.2 Å². The summed E-state index contributed by atoms with van der Waals surface area (Å²) in [5.41, 5.74) is 9.87. The Kier molecular flexibility index (Phi) is 3.58. The normalized spacial score (nSPS) is 15.9. The van der Waals surface area contributed by atoms with Crippen molar-refractivity contribution in [2.75, 3.05) is 0 Å². The summed E-state index contributed by atoms with van der Waals surface area (Å²) < 4.78 is 2.33. The maximum absolute atomic E-state index is 5.90. The fourth-order valence-corrected chi connectivity index (χ4v) is 2.95. The molecule has 19 heavy (non-hydrogen) atoms. The Bertz CT molecular complexity index is 567. The first-order valence-electron chi connectivity index (χ1n) is 7.36. The number of nitrogens with two attached hydrogens (primary N) is 1. The minimum Gasteiger partial charge on any atom is -0.347 e. The van der Waals surface area contributed by atoms with Gasteiger partial charge in [0.25, 0.3) is 0 Å². The Labute approximate surface area is 114 Å². The van der Waals surface area contributed by atoms with Crippen LogP contribution in [0.2, 0.25) is 0 Å². The van der Waals surface area contributed by atoms with E-state index in [-0.39, 0.29) is 0 Å². The predicted octanol–water partition coefficient (Wildman–Crippen LogP) is 2.76. The van der Waals surface area contributed by atoms with Crippen molar-refractivity contribution < 1.29 is 0 Å². The van der Waals surface area contributed by atoms with Gasteiger partial charge in [0.1, 0.15) is 0 Å². The van der Waals surface area contributed by atoms with Crippen molar-refractivity contribution in [3.63, 3.8) is 0 Å². The second-order valence-corrected chi connectivity index (χ2v) is 5.46. The van der Waals surface area contributed by atoms with Crippen LogP contribution in [0.15, 0.2) is 24.4 Å². The molecule has 1 aromatic carbocycles. The van der Waals surface area contributed by atoms with E-state index in [1.165, 1.54) is 41.3 Å². The van der Waals surface area contributed by atoms with Gasteiger partial charge in [0, 0.05) is 42.8 Å². The second kappa shape index (κ2) is 5.35. The molecule has 0 radical (unpaired) electrons. The van der Waals surface area contributed by atoms with Crippen molar-refractivity contribution >= 4 is 10.9 Å². The molecule has 3 heteroatoms. The van der Waals surface area contributed by atoms with Gasteiger partial charge in [-0.15, -0.1) is 0 Å². The van der Waals surface area contributed by atoms with Crippen LogP contribution in [0.1, 0.15) is 37.3 Å². The van der Waals surface area contributed by atoms with Crippen molar-refractivity contribution in [3.8, 4) is 0 Å². The van der Waals surface area contributed by atoms with E-state index in [1.807, 2.05) is 0 Å². The van der Waals surface area contributed by atoms with E-state index in [4.69, 9.17) is 5.73 Å². The number of fused-ring (bicyclic) bond motifs is 1. The molecule has 3 N–H and O–H groups in total. The van der Waals surface area contributed by atoms with E-state index in [1.54, 1.807) is 0 Å². The summed E-state index contributed by atoms with van der Waals surface area (Å²) in [7, 11) is 0. The average Bonchev–Trinajstić information content (AvgIpc) is 2.75. The highest BCUT2D eigenvalue weighted by Gasteiger charge is 2.18. The molecule has 0 amide bonds. The maximum Gasteiger partial charge on any atom is 0.0486 e.